The topological polar surface area (TPSA) is 85.8 Å². The highest BCUT2D eigenvalue weighted by Gasteiger charge is 2.03. The number of anilines is 1. The number of hydrogen-bond acceptors (Lipinski definition) is 3. The highest BCUT2D eigenvalue weighted by atomic mass is 35.5. The number of phenols is 1. The first-order chi connectivity index (χ1) is 12.6. The van der Waals surface area contributed by atoms with Crippen molar-refractivity contribution < 1.29 is 9.90 Å². The third-order valence-corrected chi connectivity index (χ3v) is 3.71. The molecule has 0 aliphatic carbocycles. The highest BCUT2D eigenvalue weighted by Crippen LogP contribution is 2.13. The molecule has 0 bridgehead atoms. The molecule has 0 saturated carbocycles. The lowest BCUT2D eigenvalue weighted by atomic mass is 10.1. The number of amides is 1. The fourth-order valence-corrected chi connectivity index (χ4v) is 2.47. The van der Waals surface area contributed by atoms with E-state index in [1.807, 2.05) is 31.2 Å². The summed E-state index contributed by atoms with van der Waals surface area (Å²) < 4.78 is 0. The van der Waals surface area contributed by atoms with E-state index in [-0.39, 0.29) is 18.2 Å². The van der Waals surface area contributed by atoms with Gasteiger partial charge in [0, 0.05) is 23.8 Å². The van der Waals surface area contributed by atoms with Gasteiger partial charge in [-0.1, -0.05) is 23.7 Å². The van der Waals surface area contributed by atoms with E-state index in [4.69, 9.17) is 11.6 Å². The maximum Gasteiger partial charge on any atom is 0.246 e. The summed E-state index contributed by atoms with van der Waals surface area (Å²) in [5.74, 6) is 0.498. The zero-order valence-electron chi connectivity index (χ0n) is 14.6. The maximum atomic E-state index is 12.0. The van der Waals surface area contributed by atoms with Crippen LogP contribution in [0.5, 0.6) is 5.75 Å². The van der Waals surface area contributed by atoms with E-state index in [2.05, 4.69) is 20.9 Å². The fourth-order valence-electron chi connectivity index (χ4n) is 2.26. The molecule has 26 heavy (non-hydrogen) atoms. The van der Waals surface area contributed by atoms with Crippen molar-refractivity contribution in [3.8, 4) is 5.75 Å². The van der Waals surface area contributed by atoms with Crippen molar-refractivity contribution in [3.63, 3.8) is 0 Å². The molecule has 6 nitrogen and oxygen atoms in total. The van der Waals surface area contributed by atoms with E-state index >= 15 is 0 Å². The number of halogens is 1. The second-order valence-corrected chi connectivity index (χ2v) is 6.03. The zero-order chi connectivity index (χ0) is 18.8. The number of hydrogen-bond donors (Lipinski definition) is 4. The first-order valence-electron chi connectivity index (χ1n) is 8.42. The monoisotopic (exact) mass is 374 g/mol. The molecule has 4 N–H and O–H groups in total. The number of nitrogens with zero attached hydrogens (tertiary/aromatic N) is 1. The van der Waals surface area contributed by atoms with E-state index in [1.54, 1.807) is 12.1 Å². The Morgan fingerprint density at radius 3 is 2.62 bits per heavy atom. The zero-order valence-corrected chi connectivity index (χ0v) is 15.4. The minimum absolute atomic E-state index is 0.00657. The Morgan fingerprint density at radius 2 is 1.92 bits per heavy atom. The van der Waals surface area contributed by atoms with Gasteiger partial charge in [-0.2, -0.15) is 0 Å². The molecule has 0 aliphatic rings. The normalized spacial score (nSPS) is 11.1. The molecule has 0 saturated heterocycles. The number of aromatic hydroxyl groups is 1. The summed E-state index contributed by atoms with van der Waals surface area (Å²) in [5.41, 5.74) is 1.74. The van der Waals surface area contributed by atoms with Gasteiger partial charge in [0.05, 0.1) is 0 Å². The number of aliphatic imine (C=N–C) groups is 1. The molecule has 0 aliphatic heterocycles. The number of nitrogens with one attached hydrogen (secondary N) is 3. The average Bonchev–Trinajstić information content (AvgIpc) is 2.62. The van der Waals surface area contributed by atoms with Gasteiger partial charge < -0.3 is 21.1 Å². The Kier molecular flexibility index (Phi) is 7.76. The summed E-state index contributed by atoms with van der Waals surface area (Å²) >= 11 is 5.98. The molecule has 2 aromatic rings. The molecule has 0 aromatic heterocycles. The predicted molar refractivity (Wildman–Crippen MR) is 106 cm³/mol. The van der Waals surface area contributed by atoms with E-state index in [9.17, 15) is 9.90 Å². The van der Waals surface area contributed by atoms with Crippen LogP contribution in [-0.4, -0.2) is 36.6 Å². The van der Waals surface area contributed by atoms with Gasteiger partial charge in [-0.15, -0.1) is 0 Å². The highest BCUT2D eigenvalue weighted by molar-refractivity contribution is 6.30. The Balaban J connectivity index is 1.82. The number of carbonyl (C=O) groups excluding carboxylic acids is 1. The third-order valence-electron chi connectivity index (χ3n) is 3.47. The lowest BCUT2D eigenvalue weighted by molar-refractivity contribution is -0.114. The molecule has 7 heteroatoms. The lowest BCUT2D eigenvalue weighted by Crippen LogP contribution is -2.39. The molecule has 138 valence electrons. The van der Waals surface area contributed by atoms with Crippen LogP contribution < -0.4 is 16.0 Å². The van der Waals surface area contributed by atoms with Gasteiger partial charge in [0.1, 0.15) is 12.3 Å². The van der Waals surface area contributed by atoms with Crippen LogP contribution in [0.1, 0.15) is 12.5 Å². The van der Waals surface area contributed by atoms with Gasteiger partial charge in [0.2, 0.25) is 5.91 Å². The van der Waals surface area contributed by atoms with Crippen LogP contribution in [0.15, 0.2) is 53.5 Å². The Morgan fingerprint density at radius 1 is 1.15 bits per heavy atom. The van der Waals surface area contributed by atoms with Crippen LogP contribution in [-0.2, 0) is 11.2 Å². The van der Waals surface area contributed by atoms with E-state index in [1.165, 1.54) is 12.1 Å². The van der Waals surface area contributed by atoms with Crippen LogP contribution in [0.25, 0.3) is 0 Å². The maximum absolute atomic E-state index is 12.0. The molecule has 0 fully saturated rings. The van der Waals surface area contributed by atoms with Gasteiger partial charge in [0.15, 0.2) is 5.96 Å². The predicted octanol–water partition coefficient (Wildman–Crippen LogP) is 2.78. The van der Waals surface area contributed by atoms with Crippen LogP contribution in [0.4, 0.5) is 5.69 Å². The lowest BCUT2D eigenvalue weighted by Gasteiger charge is -2.11. The summed E-state index contributed by atoms with van der Waals surface area (Å²) in [6, 6.07) is 14.0. The average molecular weight is 375 g/mol. The minimum Gasteiger partial charge on any atom is -0.508 e. The summed E-state index contributed by atoms with van der Waals surface area (Å²) in [4.78, 5) is 16.3. The van der Waals surface area contributed by atoms with Gasteiger partial charge in [-0.05, 0) is 55.3 Å². The van der Waals surface area contributed by atoms with E-state index < -0.39 is 0 Å². The molecule has 0 spiro atoms. The third kappa shape index (κ3) is 7.03. The Bertz CT molecular complexity index is 747. The van der Waals surface area contributed by atoms with Crippen LogP contribution in [0.2, 0.25) is 5.02 Å². The summed E-state index contributed by atoms with van der Waals surface area (Å²) in [7, 11) is 0. The van der Waals surface area contributed by atoms with Crippen molar-refractivity contribution in [2.75, 3.05) is 25.0 Å². The van der Waals surface area contributed by atoms with Gasteiger partial charge in [-0.3, -0.25) is 4.79 Å². The van der Waals surface area contributed by atoms with Crippen molar-refractivity contribution in [3.05, 3.63) is 59.1 Å². The Labute approximate surface area is 158 Å². The van der Waals surface area contributed by atoms with E-state index in [0.717, 1.165) is 12.0 Å². The largest absolute Gasteiger partial charge is 0.508 e. The number of benzene rings is 2. The Hall–Kier alpha value is -2.73. The second kappa shape index (κ2) is 10.3. The van der Waals surface area contributed by atoms with Gasteiger partial charge in [-0.25, -0.2) is 4.99 Å². The first kappa shape index (κ1) is 19.6. The van der Waals surface area contributed by atoms with E-state index in [0.29, 0.717) is 29.8 Å². The van der Waals surface area contributed by atoms with Gasteiger partial charge >= 0.3 is 0 Å². The van der Waals surface area contributed by atoms with Crippen molar-refractivity contribution in [2.45, 2.75) is 13.3 Å². The summed E-state index contributed by atoms with van der Waals surface area (Å²) in [5, 5.41) is 19.0. The quantitative estimate of drug-likeness (QED) is 0.341. The summed E-state index contributed by atoms with van der Waals surface area (Å²) in [6.07, 6.45) is 0.796. The number of rotatable bonds is 7. The number of phenolic OH excluding ortho intramolecular Hbond substituents is 1. The van der Waals surface area contributed by atoms with Crippen molar-refractivity contribution in [1.82, 2.24) is 10.6 Å². The minimum atomic E-state index is -0.234. The SMILES string of the molecule is CCNC(=NCC(=O)Nc1ccc(O)cc1)NCCc1cccc(Cl)c1. The number of guanidine groups is 1. The molecule has 0 unspecified atom stereocenters. The molecular weight excluding hydrogens is 352 g/mol. The fraction of sp³-hybridized carbons (Fsp3) is 0.263. The van der Waals surface area contributed by atoms with Crippen LogP contribution in [0, 0.1) is 0 Å². The van der Waals surface area contributed by atoms with Crippen molar-refractivity contribution in [2.24, 2.45) is 4.99 Å². The molecule has 0 heterocycles. The van der Waals surface area contributed by atoms with Crippen LogP contribution >= 0.6 is 11.6 Å². The molecule has 0 radical (unpaired) electrons. The molecule has 0 atom stereocenters. The van der Waals surface area contributed by atoms with Gasteiger partial charge in [0.25, 0.3) is 0 Å². The number of carbonyl (C=O) groups is 1. The molecule has 2 rings (SSSR count). The van der Waals surface area contributed by atoms with Crippen LogP contribution in [0.3, 0.4) is 0 Å². The molecular formula is C19H23ClN4O2. The first-order valence-corrected chi connectivity index (χ1v) is 8.80. The van der Waals surface area contributed by atoms with Crippen molar-refractivity contribution in [1.29, 1.82) is 0 Å². The summed E-state index contributed by atoms with van der Waals surface area (Å²) in [6.45, 7) is 3.33. The molecule has 2 aromatic carbocycles. The standard InChI is InChI=1S/C19H23ClN4O2/c1-2-21-19(22-11-10-14-4-3-5-15(20)12-14)23-13-18(26)24-16-6-8-17(25)9-7-16/h3-9,12,25H,2,10-11,13H2,1H3,(H,24,26)(H2,21,22,23). The second-order valence-electron chi connectivity index (χ2n) is 5.60. The smallest absolute Gasteiger partial charge is 0.246 e. The van der Waals surface area contributed by atoms with Crippen molar-refractivity contribution >= 4 is 29.2 Å². The molecule has 1 amide bonds.